The molecule has 0 aliphatic rings. The molecule has 0 fully saturated rings. The van der Waals surface area contributed by atoms with E-state index in [-0.39, 0.29) is 5.91 Å². The van der Waals surface area contributed by atoms with E-state index in [2.05, 4.69) is 12.2 Å². The normalized spacial score (nSPS) is 12.1. The number of carbonyl (C=O) groups excluding carboxylic acids is 1. The molecule has 0 spiro atoms. The molecular weight excluding hydrogens is 272 g/mol. The first-order chi connectivity index (χ1) is 10.7. The minimum absolute atomic E-state index is 0.0354. The Morgan fingerprint density at radius 3 is 2.23 bits per heavy atom. The van der Waals surface area contributed by atoms with Gasteiger partial charge in [0.25, 0.3) is 0 Å². The molecule has 1 aromatic carbocycles. The third-order valence-corrected chi connectivity index (χ3v) is 3.96. The first kappa shape index (κ1) is 18.7. The van der Waals surface area contributed by atoms with Gasteiger partial charge in [-0.2, -0.15) is 0 Å². The smallest absolute Gasteiger partial charge is 0.237 e. The number of hydrogen-bond acceptors (Lipinski definition) is 2. The van der Waals surface area contributed by atoms with Crippen molar-refractivity contribution >= 4 is 5.91 Å². The first-order valence-electron chi connectivity index (χ1n) is 8.81. The highest BCUT2D eigenvalue weighted by Gasteiger charge is 2.12. The van der Waals surface area contributed by atoms with E-state index in [1.54, 1.807) is 0 Å². The Labute approximate surface area is 135 Å². The van der Waals surface area contributed by atoms with Gasteiger partial charge in [0.05, 0.1) is 6.04 Å². The zero-order valence-corrected chi connectivity index (χ0v) is 14.0. The molecule has 0 radical (unpaired) electrons. The zero-order valence-electron chi connectivity index (χ0n) is 14.0. The van der Waals surface area contributed by atoms with Crippen LogP contribution in [0.25, 0.3) is 0 Å². The van der Waals surface area contributed by atoms with Crippen molar-refractivity contribution in [1.29, 1.82) is 0 Å². The van der Waals surface area contributed by atoms with Gasteiger partial charge in [-0.3, -0.25) is 4.79 Å². The van der Waals surface area contributed by atoms with Crippen LogP contribution >= 0.6 is 0 Å². The number of hydrogen-bond donors (Lipinski definition) is 2. The lowest BCUT2D eigenvalue weighted by atomic mass is 10.1. The minimum atomic E-state index is -0.448. The summed E-state index contributed by atoms with van der Waals surface area (Å²) in [7, 11) is 0. The Morgan fingerprint density at radius 2 is 1.59 bits per heavy atom. The van der Waals surface area contributed by atoms with Crippen LogP contribution in [0.3, 0.4) is 0 Å². The van der Waals surface area contributed by atoms with Gasteiger partial charge in [0, 0.05) is 6.54 Å². The molecule has 1 aromatic rings. The van der Waals surface area contributed by atoms with Crippen LogP contribution in [0.2, 0.25) is 0 Å². The lowest BCUT2D eigenvalue weighted by molar-refractivity contribution is -0.122. The average molecular weight is 304 g/mol. The number of nitrogens with two attached hydrogens (primary N) is 1. The molecule has 0 unspecified atom stereocenters. The molecule has 0 aliphatic carbocycles. The highest BCUT2D eigenvalue weighted by molar-refractivity contribution is 5.81. The summed E-state index contributed by atoms with van der Waals surface area (Å²) in [6.07, 6.45) is 10.8. The Balaban J connectivity index is 2.01. The Kier molecular flexibility index (Phi) is 10.4. The Hall–Kier alpha value is -1.35. The molecule has 0 heterocycles. The maximum Gasteiger partial charge on any atom is 0.237 e. The third kappa shape index (κ3) is 8.83. The summed E-state index contributed by atoms with van der Waals surface area (Å²) in [6, 6.07) is 9.48. The van der Waals surface area contributed by atoms with E-state index in [0.29, 0.717) is 6.42 Å². The topological polar surface area (TPSA) is 55.1 Å². The Bertz CT molecular complexity index is 392. The fraction of sp³-hybridized carbons (Fsp3) is 0.632. The van der Waals surface area contributed by atoms with Gasteiger partial charge in [0.2, 0.25) is 5.91 Å². The van der Waals surface area contributed by atoms with Gasteiger partial charge >= 0.3 is 0 Å². The molecule has 22 heavy (non-hydrogen) atoms. The molecule has 124 valence electrons. The van der Waals surface area contributed by atoms with Crippen molar-refractivity contribution in [3.8, 4) is 0 Å². The number of benzene rings is 1. The second kappa shape index (κ2) is 12.2. The molecule has 3 nitrogen and oxygen atoms in total. The molecule has 0 aromatic heterocycles. The van der Waals surface area contributed by atoms with Crippen molar-refractivity contribution < 1.29 is 4.79 Å². The van der Waals surface area contributed by atoms with E-state index >= 15 is 0 Å². The van der Waals surface area contributed by atoms with E-state index in [1.165, 1.54) is 44.9 Å². The summed E-state index contributed by atoms with van der Waals surface area (Å²) >= 11 is 0. The number of nitrogens with one attached hydrogen (secondary N) is 1. The van der Waals surface area contributed by atoms with Crippen molar-refractivity contribution in [2.45, 2.75) is 70.8 Å². The molecule has 1 amide bonds. The van der Waals surface area contributed by atoms with E-state index < -0.39 is 6.04 Å². The lowest BCUT2D eigenvalue weighted by Gasteiger charge is -2.12. The predicted octanol–water partition coefficient (Wildman–Crippen LogP) is 3.81. The van der Waals surface area contributed by atoms with Gasteiger partial charge in [-0.25, -0.2) is 0 Å². The van der Waals surface area contributed by atoms with Gasteiger partial charge in [-0.1, -0.05) is 82.2 Å². The van der Waals surface area contributed by atoms with Crippen molar-refractivity contribution in [2.24, 2.45) is 5.73 Å². The molecule has 3 N–H and O–H groups in total. The number of rotatable bonds is 12. The second-order valence-electron chi connectivity index (χ2n) is 6.06. The summed E-state index contributed by atoms with van der Waals surface area (Å²) in [5.41, 5.74) is 7.05. The van der Waals surface area contributed by atoms with E-state index in [4.69, 9.17) is 5.73 Å². The highest BCUT2D eigenvalue weighted by atomic mass is 16.2. The molecule has 1 rings (SSSR count). The van der Waals surface area contributed by atoms with Crippen molar-refractivity contribution in [1.82, 2.24) is 5.32 Å². The van der Waals surface area contributed by atoms with E-state index in [0.717, 1.165) is 18.5 Å². The van der Waals surface area contributed by atoms with Crippen molar-refractivity contribution in [2.75, 3.05) is 6.54 Å². The molecule has 1 atom stereocenters. The first-order valence-corrected chi connectivity index (χ1v) is 8.81. The highest BCUT2D eigenvalue weighted by Crippen LogP contribution is 2.08. The van der Waals surface area contributed by atoms with Crippen molar-refractivity contribution in [3.05, 3.63) is 35.9 Å². The van der Waals surface area contributed by atoms with Gasteiger partial charge in [0.15, 0.2) is 0 Å². The van der Waals surface area contributed by atoms with Crippen LogP contribution in [0.5, 0.6) is 0 Å². The minimum Gasteiger partial charge on any atom is -0.355 e. The third-order valence-electron chi connectivity index (χ3n) is 3.96. The molecule has 0 bridgehead atoms. The standard InChI is InChI=1S/C19H32N2O/c1-2-3-4-5-6-7-8-12-15-21-19(22)18(20)16-17-13-10-9-11-14-17/h9-11,13-14,18H,2-8,12,15-16,20H2,1H3,(H,21,22)/t18-/m0/s1. The fourth-order valence-electron chi connectivity index (χ4n) is 2.56. The number of unbranched alkanes of at least 4 members (excludes halogenated alkanes) is 7. The monoisotopic (exact) mass is 304 g/mol. The Morgan fingerprint density at radius 1 is 1.00 bits per heavy atom. The van der Waals surface area contributed by atoms with E-state index in [9.17, 15) is 4.79 Å². The number of amides is 1. The maximum atomic E-state index is 11.9. The van der Waals surface area contributed by atoms with Crippen LogP contribution in [-0.2, 0) is 11.2 Å². The van der Waals surface area contributed by atoms with Gasteiger partial charge < -0.3 is 11.1 Å². The zero-order chi connectivity index (χ0) is 16.0. The quantitative estimate of drug-likeness (QED) is 0.577. The largest absolute Gasteiger partial charge is 0.355 e. The van der Waals surface area contributed by atoms with E-state index in [1.807, 2.05) is 30.3 Å². The predicted molar refractivity (Wildman–Crippen MR) is 93.7 cm³/mol. The molecule has 0 saturated heterocycles. The lowest BCUT2D eigenvalue weighted by Crippen LogP contribution is -2.42. The molecular formula is C19H32N2O. The van der Waals surface area contributed by atoms with Crippen LogP contribution in [-0.4, -0.2) is 18.5 Å². The van der Waals surface area contributed by atoms with Gasteiger partial charge in [0.1, 0.15) is 0 Å². The number of carbonyl (C=O) groups is 1. The van der Waals surface area contributed by atoms with Gasteiger partial charge in [-0.05, 0) is 18.4 Å². The fourth-order valence-corrected chi connectivity index (χ4v) is 2.56. The SMILES string of the molecule is CCCCCCCCCCNC(=O)[C@@H](N)Cc1ccccc1. The van der Waals surface area contributed by atoms with Crippen LogP contribution in [0, 0.1) is 0 Å². The van der Waals surface area contributed by atoms with Crippen LogP contribution in [0.15, 0.2) is 30.3 Å². The summed E-state index contributed by atoms with van der Waals surface area (Å²) in [5.74, 6) is -0.0354. The maximum absolute atomic E-state index is 11.9. The summed E-state index contributed by atoms with van der Waals surface area (Å²) < 4.78 is 0. The van der Waals surface area contributed by atoms with Crippen LogP contribution < -0.4 is 11.1 Å². The van der Waals surface area contributed by atoms with Crippen LogP contribution in [0.4, 0.5) is 0 Å². The molecule has 0 aliphatic heterocycles. The summed E-state index contributed by atoms with van der Waals surface area (Å²) in [4.78, 5) is 11.9. The van der Waals surface area contributed by atoms with Gasteiger partial charge in [-0.15, -0.1) is 0 Å². The van der Waals surface area contributed by atoms with Crippen LogP contribution in [0.1, 0.15) is 63.9 Å². The van der Waals surface area contributed by atoms with Crippen molar-refractivity contribution in [3.63, 3.8) is 0 Å². The summed E-state index contributed by atoms with van der Waals surface area (Å²) in [6.45, 7) is 2.99. The molecule has 0 saturated carbocycles. The average Bonchev–Trinajstić information content (AvgIpc) is 2.54. The molecule has 3 heteroatoms. The second-order valence-corrected chi connectivity index (χ2v) is 6.06. The summed E-state index contributed by atoms with van der Waals surface area (Å²) in [5, 5.41) is 2.95.